The summed E-state index contributed by atoms with van der Waals surface area (Å²) in [5, 5.41) is 2.21. The second kappa shape index (κ2) is 7.10. The van der Waals surface area contributed by atoms with E-state index >= 15 is 0 Å². The average molecular weight is 258 g/mol. The van der Waals surface area contributed by atoms with Crippen molar-refractivity contribution in [2.75, 3.05) is 6.61 Å². The zero-order chi connectivity index (χ0) is 13.5. The van der Waals surface area contributed by atoms with E-state index in [-0.39, 0.29) is 0 Å². The van der Waals surface area contributed by atoms with Crippen molar-refractivity contribution in [2.24, 2.45) is 5.73 Å². The molecule has 0 unspecified atom stereocenters. The molecule has 19 heavy (non-hydrogen) atoms. The van der Waals surface area contributed by atoms with Gasteiger partial charge >= 0.3 is 0 Å². The van der Waals surface area contributed by atoms with Crippen molar-refractivity contribution >= 4 is 10.8 Å². The van der Waals surface area contributed by atoms with Crippen LogP contribution in [0.1, 0.15) is 38.3 Å². The van der Waals surface area contributed by atoms with Crippen LogP contribution in [0.25, 0.3) is 10.8 Å². The summed E-state index contributed by atoms with van der Waals surface area (Å²) in [6.07, 6.45) is 4.80. The summed E-state index contributed by atoms with van der Waals surface area (Å²) < 4.78 is 5.84. The number of pyridine rings is 1. The molecule has 1 aromatic carbocycles. The molecule has 0 fully saturated rings. The lowest BCUT2D eigenvalue weighted by molar-refractivity contribution is 0.297. The van der Waals surface area contributed by atoms with E-state index in [1.54, 1.807) is 0 Å². The van der Waals surface area contributed by atoms with Crippen LogP contribution in [0.2, 0.25) is 0 Å². The number of fused-ring (bicyclic) bond motifs is 1. The molecule has 0 saturated carbocycles. The number of rotatable bonds is 7. The van der Waals surface area contributed by atoms with Gasteiger partial charge in [0, 0.05) is 11.9 Å². The Morgan fingerprint density at radius 3 is 2.79 bits per heavy atom. The third kappa shape index (κ3) is 3.67. The first-order valence-corrected chi connectivity index (χ1v) is 7.06. The Bertz CT molecular complexity index is 525. The van der Waals surface area contributed by atoms with Gasteiger partial charge in [-0.2, -0.15) is 0 Å². The SMILES string of the molecule is CCCCCCOc1nc(CN)cc2ccccc12. The van der Waals surface area contributed by atoms with Gasteiger partial charge in [-0.3, -0.25) is 0 Å². The van der Waals surface area contributed by atoms with Gasteiger partial charge in [0.1, 0.15) is 0 Å². The largest absolute Gasteiger partial charge is 0.477 e. The lowest BCUT2D eigenvalue weighted by Gasteiger charge is -2.10. The number of aromatic nitrogens is 1. The fourth-order valence-corrected chi connectivity index (χ4v) is 2.13. The predicted octanol–water partition coefficient (Wildman–Crippen LogP) is 3.65. The molecule has 0 aliphatic rings. The maximum atomic E-state index is 5.84. The fourth-order valence-electron chi connectivity index (χ4n) is 2.13. The highest BCUT2D eigenvalue weighted by Gasteiger charge is 2.06. The molecule has 0 saturated heterocycles. The summed E-state index contributed by atoms with van der Waals surface area (Å²) in [5.41, 5.74) is 6.56. The van der Waals surface area contributed by atoms with Gasteiger partial charge in [-0.25, -0.2) is 4.98 Å². The number of hydrogen-bond acceptors (Lipinski definition) is 3. The van der Waals surface area contributed by atoms with Crippen LogP contribution in [0.4, 0.5) is 0 Å². The maximum Gasteiger partial charge on any atom is 0.221 e. The summed E-state index contributed by atoms with van der Waals surface area (Å²) in [5.74, 6) is 0.718. The van der Waals surface area contributed by atoms with E-state index in [1.165, 1.54) is 19.3 Å². The van der Waals surface area contributed by atoms with E-state index in [0.29, 0.717) is 6.54 Å². The van der Waals surface area contributed by atoms with Crippen molar-refractivity contribution in [3.8, 4) is 5.88 Å². The molecule has 0 spiro atoms. The number of hydrogen-bond donors (Lipinski definition) is 1. The Labute approximate surface area is 114 Å². The molecule has 3 heteroatoms. The van der Waals surface area contributed by atoms with E-state index in [2.05, 4.69) is 18.0 Å². The third-order valence-electron chi connectivity index (χ3n) is 3.20. The normalized spacial score (nSPS) is 10.8. The minimum absolute atomic E-state index is 0.441. The molecule has 3 nitrogen and oxygen atoms in total. The van der Waals surface area contributed by atoms with Gasteiger partial charge in [0.25, 0.3) is 0 Å². The molecular weight excluding hydrogens is 236 g/mol. The highest BCUT2D eigenvalue weighted by atomic mass is 16.5. The van der Waals surface area contributed by atoms with Gasteiger partial charge in [-0.15, -0.1) is 0 Å². The smallest absolute Gasteiger partial charge is 0.221 e. The fraction of sp³-hybridized carbons (Fsp3) is 0.438. The maximum absolute atomic E-state index is 5.84. The minimum atomic E-state index is 0.441. The zero-order valence-corrected chi connectivity index (χ0v) is 11.6. The van der Waals surface area contributed by atoms with E-state index in [0.717, 1.165) is 35.4 Å². The van der Waals surface area contributed by atoms with Gasteiger partial charge in [-0.05, 0) is 23.9 Å². The molecule has 2 aromatic rings. The standard InChI is InChI=1S/C16H22N2O/c1-2-3-4-7-10-19-16-15-9-6-5-8-13(15)11-14(12-17)18-16/h5-6,8-9,11H,2-4,7,10,12,17H2,1H3. The van der Waals surface area contributed by atoms with Crippen LogP contribution in [0.15, 0.2) is 30.3 Å². The van der Waals surface area contributed by atoms with Gasteiger partial charge in [0.2, 0.25) is 5.88 Å². The Balaban J connectivity index is 2.11. The van der Waals surface area contributed by atoms with Crippen LogP contribution in [-0.4, -0.2) is 11.6 Å². The summed E-state index contributed by atoms with van der Waals surface area (Å²) in [6.45, 7) is 3.38. The molecule has 0 aliphatic carbocycles. The van der Waals surface area contributed by atoms with Gasteiger partial charge in [-0.1, -0.05) is 44.4 Å². The monoisotopic (exact) mass is 258 g/mol. The zero-order valence-electron chi connectivity index (χ0n) is 11.6. The molecule has 1 aromatic heterocycles. The molecule has 2 N–H and O–H groups in total. The summed E-state index contributed by atoms with van der Waals surface area (Å²) in [7, 11) is 0. The average Bonchev–Trinajstić information content (AvgIpc) is 2.46. The van der Waals surface area contributed by atoms with Crippen LogP contribution in [0.5, 0.6) is 5.88 Å². The van der Waals surface area contributed by atoms with Crippen LogP contribution >= 0.6 is 0 Å². The second-order valence-electron chi connectivity index (χ2n) is 4.75. The van der Waals surface area contributed by atoms with Crippen LogP contribution in [0.3, 0.4) is 0 Å². The van der Waals surface area contributed by atoms with Gasteiger partial charge in [0.15, 0.2) is 0 Å². The molecule has 1 heterocycles. The topological polar surface area (TPSA) is 48.1 Å². The van der Waals surface area contributed by atoms with E-state index in [4.69, 9.17) is 10.5 Å². The number of nitrogens with two attached hydrogens (primary N) is 1. The van der Waals surface area contributed by atoms with E-state index < -0.39 is 0 Å². The molecule has 0 amide bonds. The summed E-state index contributed by atoms with van der Waals surface area (Å²) in [6, 6.07) is 10.2. The molecule has 102 valence electrons. The Hall–Kier alpha value is -1.61. The van der Waals surface area contributed by atoms with Crippen molar-refractivity contribution in [3.63, 3.8) is 0 Å². The second-order valence-corrected chi connectivity index (χ2v) is 4.75. The minimum Gasteiger partial charge on any atom is -0.477 e. The summed E-state index contributed by atoms with van der Waals surface area (Å²) in [4.78, 5) is 4.49. The highest BCUT2D eigenvalue weighted by molar-refractivity contribution is 5.87. The van der Waals surface area contributed by atoms with Crippen molar-refractivity contribution in [1.82, 2.24) is 4.98 Å². The van der Waals surface area contributed by atoms with Gasteiger partial charge < -0.3 is 10.5 Å². The van der Waals surface area contributed by atoms with Crippen molar-refractivity contribution < 1.29 is 4.74 Å². The predicted molar refractivity (Wildman–Crippen MR) is 79.3 cm³/mol. The highest BCUT2D eigenvalue weighted by Crippen LogP contribution is 2.24. The number of benzene rings is 1. The quantitative estimate of drug-likeness (QED) is 0.771. The Kier molecular flexibility index (Phi) is 5.16. The molecular formula is C16H22N2O. The van der Waals surface area contributed by atoms with Gasteiger partial charge in [0.05, 0.1) is 12.3 Å². The summed E-state index contributed by atoms with van der Waals surface area (Å²) >= 11 is 0. The first-order valence-electron chi connectivity index (χ1n) is 7.06. The third-order valence-corrected chi connectivity index (χ3v) is 3.20. The Morgan fingerprint density at radius 2 is 2.00 bits per heavy atom. The van der Waals surface area contributed by atoms with Crippen LogP contribution in [0, 0.1) is 0 Å². The molecule has 2 rings (SSSR count). The van der Waals surface area contributed by atoms with E-state index in [9.17, 15) is 0 Å². The molecule has 0 aliphatic heterocycles. The lowest BCUT2D eigenvalue weighted by Crippen LogP contribution is -2.04. The van der Waals surface area contributed by atoms with Crippen molar-refractivity contribution in [1.29, 1.82) is 0 Å². The Morgan fingerprint density at radius 1 is 1.16 bits per heavy atom. The lowest BCUT2D eigenvalue weighted by atomic mass is 10.1. The van der Waals surface area contributed by atoms with Crippen molar-refractivity contribution in [3.05, 3.63) is 36.0 Å². The van der Waals surface area contributed by atoms with E-state index in [1.807, 2.05) is 24.3 Å². The molecule has 0 atom stereocenters. The molecule has 0 bridgehead atoms. The number of unbranched alkanes of at least 4 members (excludes halogenated alkanes) is 3. The van der Waals surface area contributed by atoms with Crippen LogP contribution < -0.4 is 10.5 Å². The number of ether oxygens (including phenoxy) is 1. The van der Waals surface area contributed by atoms with Crippen LogP contribution in [-0.2, 0) is 6.54 Å². The number of nitrogens with zero attached hydrogens (tertiary/aromatic N) is 1. The first kappa shape index (κ1) is 13.8. The first-order chi connectivity index (χ1) is 9.35. The molecule has 0 radical (unpaired) electrons. The van der Waals surface area contributed by atoms with Crippen molar-refractivity contribution in [2.45, 2.75) is 39.2 Å².